The topological polar surface area (TPSA) is 129 Å². The first-order chi connectivity index (χ1) is 12.0. The Balaban J connectivity index is 2.17. The molecule has 0 unspecified atom stereocenters. The number of ether oxygens (including phenoxy) is 2. The molecular formula is C16H16N4O5. The van der Waals surface area contributed by atoms with Crippen molar-refractivity contribution < 1.29 is 19.2 Å². The summed E-state index contributed by atoms with van der Waals surface area (Å²) in [5.41, 5.74) is 8.36. The van der Waals surface area contributed by atoms with E-state index in [2.05, 4.69) is 10.5 Å². The summed E-state index contributed by atoms with van der Waals surface area (Å²) in [6.07, 6.45) is 1.37. The van der Waals surface area contributed by atoms with E-state index in [9.17, 15) is 14.9 Å². The number of nitro benzene ring substituents is 1. The Kier molecular flexibility index (Phi) is 5.88. The molecule has 9 nitrogen and oxygen atoms in total. The molecule has 0 saturated carbocycles. The summed E-state index contributed by atoms with van der Waals surface area (Å²) in [6.45, 7) is 0.169. The summed E-state index contributed by atoms with van der Waals surface area (Å²) in [5.74, 6) is 0.892. The van der Waals surface area contributed by atoms with Gasteiger partial charge in [0, 0.05) is 17.7 Å². The van der Waals surface area contributed by atoms with Crippen molar-refractivity contribution in [2.45, 2.75) is 6.61 Å². The number of hydrazone groups is 1. The van der Waals surface area contributed by atoms with Gasteiger partial charge in [0.15, 0.2) is 11.5 Å². The van der Waals surface area contributed by atoms with Crippen LogP contribution in [0.3, 0.4) is 0 Å². The number of urea groups is 1. The minimum absolute atomic E-state index is 0.00592. The third-order valence-electron chi connectivity index (χ3n) is 3.14. The maximum Gasteiger partial charge on any atom is 0.332 e. The van der Waals surface area contributed by atoms with Crippen molar-refractivity contribution in [3.8, 4) is 11.5 Å². The third-order valence-corrected chi connectivity index (χ3v) is 3.14. The van der Waals surface area contributed by atoms with Gasteiger partial charge >= 0.3 is 6.03 Å². The quantitative estimate of drug-likeness (QED) is 0.452. The highest BCUT2D eigenvalue weighted by molar-refractivity contribution is 5.86. The number of non-ortho nitro benzene ring substituents is 1. The minimum Gasteiger partial charge on any atom is -0.493 e. The van der Waals surface area contributed by atoms with Gasteiger partial charge in [-0.3, -0.25) is 10.1 Å². The van der Waals surface area contributed by atoms with Crippen molar-refractivity contribution in [2.75, 3.05) is 7.11 Å². The Morgan fingerprint density at radius 3 is 2.64 bits per heavy atom. The molecule has 0 aliphatic rings. The van der Waals surface area contributed by atoms with Crippen LogP contribution in [0.5, 0.6) is 11.5 Å². The number of hydrogen-bond acceptors (Lipinski definition) is 6. The highest BCUT2D eigenvalue weighted by Crippen LogP contribution is 2.31. The number of nitrogens with two attached hydrogens (primary N) is 1. The number of primary amides is 1. The SMILES string of the molecule is COc1cccc(/C=N\NC(N)=O)c1OCc1ccc([N+](=O)[O-])cc1. The summed E-state index contributed by atoms with van der Waals surface area (Å²) in [7, 11) is 1.50. The molecule has 2 amide bonds. The minimum atomic E-state index is -0.785. The highest BCUT2D eigenvalue weighted by atomic mass is 16.6. The monoisotopic (exact) mass is 344 g/mol. The summed E-state index contributed by atoms with van der Waals surface area (Å²) in [5, 5.41) is 14.4. The number of nitrogens with one attached hydrogen (secondary N) is 1. The van der Waals surface area contributed by atoms with Crippen molar-refractivity contribution in [1.82, 2.24) is 5.43 Å². The van der Waals surface area contributed by atoms with Crippen LogP contribution in [0.1, 0.15) is 11.1 Å². The summed E-state index contributed by atoms with van der Waals surface area (Å²) in [4.78, 5) is 20.9. The number of carbonyl (C=O) groups is 1. The number of nitrogens with zero attached hydrogens (tertiary/aromatic N) is 2. The van der Waals surface area contributed by atoms with Crippen LogP contribution in [0, 0.1) is 10.1 Å². The Labute approximate surface area is 143 Å². The van der Waals surface area contributed by atoms with Crippen molar-refractivity contribution in [1.29, 1.82) is 0 Å². The van der Waals surface area contributed by atoms with Gasteiger partial charge in [0.05, 0.1) is 18.2 Å². The fourth-order valence-corrected chi connectivity index (χ4v) is 1.98. The van der Waals surface area contributed by atoms with Gasteiger partial charge in [0.2, 0.25) is 0 Å². The van der Waals surface area contributed by atoms with Crippen LogP contribution in [-0.4, -0.2) is 24.3 Å². The van der Waals surface area contributed by atoms with Crippen LogP contribution in [0.2, 0.25) is 0 Å². The molecule has 2 rings (SSSR count). The van der Waals surface area contributed by atoms with Crippen LogP contribution >= 0.6 is 0 Å². The Bertz CT molecular complexity index is 790. The van der Waals surface area contributed by atoms with Crippen LogP contribution < -0.4 is 20.6 Å². The van der Waals surface area contributed by atoms with E-state index in [4.69, 9.17) is 15.2 Å². The molecule has 0 fully saturated rings. The van der Waals surface area contributed by atoms with E-state index in [1.807, 2.05) is 0 Å². The van der Waals surface area contributed by atoms with Gasteiger partial charge in [-0.2, -0.15) is 5.10 Å². The van der Waals surface area contributed by atoms with Gasteiger partial charge in [0.25, 0.3) is 5.69 Å². The number of amides is 2. The first-order valence-electron chi connectivity index (χ1n) is 7.13. The molecule has 0 aliphatic carbocycles. The number of rotatable bonds is 7. The number of methoxy groups -OCH3 is 1. The van der Waals surface area contributed by atoms with Gasteiger partial charge in [-0.05, 0) is 29.8 Å². The molecule has 0 radical (unpaired) electrons. The second kappa shape index (κ2) is 8.29. The molecule has 0 heterocycles. The Hall–Kier alpha value is -3.62. The van der Waals surface area contributed by atoms with E-state index < -0.39 is 11.0 Å². The smallest absolute Gasteiger partial charge is 0.332 e. The molecule has 0 bridgehead atoms. The van der Waals surface area contributed by atoms with E-state index in [-0.39, 0.29) is 12.3 Å². The molecule has 0 spiro atoms. The van der Waals surface area contributed by atoms with Gasteiger partial charge in [-0.25, -0.2) is 10.2 Å². The van der Waals surface area contributed by atoms with Crippen LogP contribution in [0.25, 0.3) is 0 Å². The fraction of sp³-hybridized carbons (Fsp3) is 0.125. The van der Waals surface area contributed by atoms with Crippen molar-refractivity contribution >= 4 is 17.9 Å². The van der Waals surface area contributed by atoms with E-state index in [0.29, 0.717) is 17.1 Å². The van der Waals surface area contributed by atoms with Crippen LogP contribution in [0.4, 0.5) is 10.5 Å². The molecule has 130 valence electrons. The number of nitro groups is 1. The molecule has 25 heavy (non-hydrogen) atoms. The number of carbonyl (C=O) groups excluding carboxylic acids is 1. The largest absolute Gasteiger partial charge is 0.493 e. The van der Waals surface area contributed by atoms with E-state index in [1.165, 1.54) is 25.5 Å². The van der Waals surface area contributed by atoms with Crippen molar-refractivity contribution in [2.24, 2.45) is 10.8 Å². The number of para-hydroxylation sites is 1. The maximum atomic E-state index is 10.7. The zero-order valence-electron chi connectivity index (χ0n) is 13.3. The highest BCUT2D eigenvalue weighted by Gasteiger charge is 2.10. The summed E-state index contributed by atoms with van der Waals surface area (Å²) < 4.78 is 11.0. The lowest BCUT2D eigenvalue weighted by Crippen LogP contribution is -2.24. The Morgan fingerprint density at radius 1 is 1.32 bits per heavy atom. The Morgan fingerprint density at radius 2 is 2.04 bits per heavy atom. The molecule has 2 aromatic rings. The average molecular weight is 344 g/mol. The zero-order valence-corrected chi connectivity index (χ0v) is 13.3. The third kappa shape index (κ3) is 4.93. The van der Waals surface area contributed by atoms with Gasteiger partial charge < -0.3 is 15.2 Å². The van der Waals surface area contributed by atoms with Crippen LogP contribution in [-0.2, 0) is 6.61 Å². The molecule has 0 aliphatic heterocycles. The zero-order chi connectivity index (χ0) is 18.2. The van der Waals surface area contributed by atoms with E-state index in [1.54, 1.807) is 30.3 Å². The molecule has 0 saturated heterocycles. The molecule has 0 aromatic heterocycles. The predicted molar refractivity (Wildman–Crippen MR) is 90.7 cm³/mol. The first kappa shape index (κ1) is 17.7. The van der Waals surface area contributed by atoms with E-state index in [0.717, 1.165) is 5.56 Å². The van der Waals surface area contributed by atoms with Crippen molar-refractivity contribution in [3.05, 3.63) is 63.7 Å². The number of benzene rings is 2. The van der Waals surface area contributed by atoms with E-state index >= 15 is 0 Å². The normalized spacial score (nSPS) is 10.4. The van der Waals surface area contributed by atoms with Crippen LogP contribution in [0.15, 0.2) is 47.6 Å². The second-order valence-electron chi connectivity index (χ2n) is 4.83. The first-order valence-corrected chi connectivity index (χ1v) is 7.13. The standard InChI is InChI=1S/C16H16N4O5/c1-24-14-4-2-3-12(9-18-19-16(17)21)15(14)25-10-11-5-7-13(8-6-11)20(22)23/h2-9H,10H2,1H3,(H3,17,19,21)/b18-9-. The molecule has 9 heteroatoms. The van der Waals surface area contributed by atoms with Gasteiger partial charge in [-0.15, -0.1) is 0 Å². The van der Waals surface area contributed by atoms with Crippen molar-refractivity contribution in [3.63, 3.8) is 0 Å². The average Bonchev–Trinajstić information content (AvgIpc) is 2.60. The molecule has 2 aromatic carbocycles. The number of hydrogen-bond donors (Lipinski definition) is 2. The lowest BCUT2D eigenvalue weighted by atomic mass is 10.2. The molecule has 0 atom stereocenters. The lowest BCUT2D eigenvalue weighted by Gasteiger charge is -2.13. The summed E-state index contributed by atoms with van der Waals surface area (Å²) in [6, 6.07) is 10.4. The maximum absolute atomic E-state index is 10.7. The molecular weight excluding hydrogens is 328 g/mol. The summed E-state index contributed by atoms with van der Waals surface area (Å²) >= 11 is 0. The molecule has 3 N–H and O–H groups in total. The van der Waals surface area contributed by atoms with Gasteiger partial charge in [-0.1, -0.05) is 6.07 Å². The fourth-order valence-electron chi connectivity index (χ4n) is 1.98. The lowest BCUT2D eigenvalue weighted by molar-refractivity contribution is -0.384. The van der Waals surface area contributed by atoms with Gasteiger partial charge in [0.1, 0.15) is 6.61 Å². The predicted octanol–water partition coefficient (Wildman–Crippen LogP) is 2.18. The second-order valence-corrected chi connectivity index (χ2v) is 4.83.